The van der Waals surface area contributed by atoms with Gasteiger partial charge in [-0.05, 0) is 43.4 Å². The number of anilines is 1. The molecule has 4 rings (SSSR count). The minimum Gasteiger partial charge on any atom is -0.309 e. The maximum absolute atomic E-state index is 12.8. The van der Waals surface area contributed by atoms with Gasteiger partial charge >= 0.3 is 12.2 Å². The van der Waals surface area contributed by atoms with Gasteiger partial charge in [-0.3, -0.25) is 4.79 Å². The molecule has 1 saturated carbocycles. The van der Waals surface area contributed by atoms with Gasteiger partial charge < -0.3 is 4.90 Å². The van der Waals surface area contributed by atoms with Crippen molar-refractivity contribution < 1.29 is 22.8 Å². The first-order valence-electron chi connectivity index (χ1n) is 7.21. The molecular formula is C15H13F3N2O2. The van der Waals surface area contributed by atoms with Crippen LogP contribution in [0.3, 0.4) is 0 Å². The number of hydrogen-bond acceptors (Lipinski definition) is 2. The van der Waals surface area contributed by atoms with Crippen molar-refractivity contribution in [1.29, 1.82) is 0 Å². The van der Waals surface area contributed by atoms with Crippen LogP contribution >= 0.6 is 0 Å². The molecule has 2 bridgehead atoms. The van der Waals surface area contributed by atoms with Crippen molar-refractivity contribution in [3.05, 3.63) is 29.8 Å². The average Bonchev–Trinajstić information content (AvgIpc) is 3.12. The van der Waals surface area contributed by atoms with Crippen molar-refractivity contribution in [2.45, 2.75) is 37.5 Å². The number of benzene rings is 1. The molecule has 2 heterocycles. The first-order valence-corrected chi connectivity index (χ1v) is 7.21. The highest BCUT2D eigenvalue weighted by atomic mass is 19.4. The van der Waals surface area contributed by atoms with Crippen LogP contribution in [0.15, 0.2) is 24.3 Å². The molecule has 0 spiro atoms. The fourth-order valence-corrected chi connectivity index (χ4v) is 3.98. The Labute approximate surface area is 124 Å². The summed E-state index contributed by atoms with van der Waals surface area (Å²) < 4.78 is 38.4. The molecule has 116 valence electrons. The van der Waals surface area contributed by atoms with Gasteiger partial charge in [0.25, 0.3) is 5.91 Å². The normalized spacial score (nSPS) is 30.4. The number of fused-ring (bicyclic) bond motifs is 5. The summed E-state index contributed by atoms with van der Waals surface area (Å²) in [5.74, 6) is -0.242. The number of alkyl halides is 3. The molecule has 1 aromatic carbocycles. The molecule has 1 aromatic rings. The Morgan fingerprint density at radius 3 is 2.59 bits per heavy atom. The molecular weight excluding hydrogens is 297 g/mol. The quantitative estimate of drug-likeness (QED) is 0.748. The van der Waals surface area contributed by atoms with Crippen LogP contribution in [0.2, 0.25) is 0 Å². The van der Waals surface area contributed by atoms with Crippen LogP contribution in [-0.4, -0.2) is 28.9 Å². The predicted molar refractivity (Wildman–Crippen MR) is 71.1 cm³/mol. The molecule has 22 heavy (non-hydrogen) atoms. The van der Waals surface area contributed by atoms with Gasteiger partial charge in [0, 0.05) is 6.04 Å². The van der Waals surface area contributed by atoms with E-state index >= 15 is 0 Å². The zero-order chi connectivity index (χ0) is 15.6. The molecule has 3 amide bonds. The van der Waals surface area contributed by atoms with Crippen LogP contribution < -0.4 is 4.90 Å². The number of imide groups is 1. The number of nitrogens with zero attached hydrogens (tertiary/aromatic N) is 2. The van der Waals surface area contributed by atoms with Crippen molar-refractivity contribution in [2.75, 3.05) is 4.90 Å². The van der Waals surface area contributed by atoms with Crippen molar-refractivity contribution in [3.8, 4) is 0 Å². The summed E-state index contributed by atoms with van der Waals surface area (Å²) in [7, 11) is 0. The van der Waals surface area contributed by atoms with Crippen molar-refractivity contribution in [3.63, 3.8) is 0 Å². The fraction of sp³-hybridized carbons (Fsp3) is 0.467. The van der Waals surface area contributed by atoms with E-state index in [0.29, 0.717) is 0 Å². The molecule has 0 N–H and O–H groups in total. The fourth-order valence-electron chi connectivity index (χ4n) is 3.98. The first-order chi connectivity index (χ1) is 10.4. The number of carbonyl (C=O) groups is 2. The van der Waals surface area contributed by atoms with E-state index in [4.69, 9.17) is 0 Å². The summed E-state index contributed by atoms with van der Waals surface area (Å²) in [6, 6.07) is 3.47. The molecule has 1 aliphatic carbocycles. The van der Waals surface area contributed by atoms with E-state index in [0.717, 1.165) is 36.3 Å². The number of halogens is 3. The van der Waals surface area contributed by atoms with E-state index in [2.05, 4.69) is 0 Å². The standard InChI is InChI=1S/C15H13F3N2O2/c16-15(17,18)9-2-1-3-10(7-9)20-13(21)12-8-4-5-11(6-8)19(12)14(20)22/h1-3,7-8,11-12H,4-6H2/t8?,11?,12-/m1/s1. The van der Waals surface area contributed by atoms with E-state index in [9.17, 15) is 22.8 Å². The lowest BCUT2D eigenvalue weighted by Gasteiger charge is -2.25. The Morgan fingerprint density at radius 2 is 1.91 bits per heavy atom. The van der Waals surface area contributed by atoms with Gasteiger partial charge in [0.15, 0.2) is 0 Å². The van der Waals surface area contributed by atoms with Gasteiger partial charge in [-0.1, -0.05) is 6.07 Å². The highest BCUT2D eigenvalue weighted by molar-refractivity contribution is 6.22. The van der Waals surface area contributed by atoms with Crippen molar-refractivity contribution in [2.24, 2.45) is 5.92 Å². The zero-order valence-electron chi connectivity index (χ0n) is 11.5. The Morgan fingerprint density at radius 1 is 1.14 bits per heavy atom. The lowest BCUT2D eigenvalue weighted by Crippen LogP contribution is -2.40. The molecule has 2 unspecified atom stereocenters. The Bertz CT molecular complexity index is 645. The summed E-state index contributed by atoms with van der Waals surface area (Å²) >= 11 is 0. The maximum atomic E-state index is 12.8. The van der Waals surface area contributed by atoms with Crippen molar-refractivity contribution in [1.82, 2.24) is 4.90 Å². The van der Waals surface area contributed by atoms with Gasteiger partial charge in [-0.2, -0.15) is 13.2 Å². The molecule has 2 saturated heterocycles. The Kier molecular flexibility index (Phi) is 2.62. The molecule has 7 heteroatoms. The van der Waals surface area contributed by atoms with Gasteiger partial charge in [0.05, 0.1) is 11.3 Å². The molecule has 3 atom stereocenters. The number of urea groups is 1. The second-order valence-electron chi connectivity index (χ2n) is 6.08. The van der Waals surface area contributed by atoms with Crippen molar-refractivity contribution >= 4 is 17.6 Å². The zero-order valence-corrected chi connectivity index (χ0v) is 11.5. The highest BCUT2D eigenvalue weighted by Crippen LogP contribution is 2.47. The number of amides is 3. The van der Waals surface area contributed by atoms with Crippen LogP contribution in [0.25, 0.3) is 0 Å². The first kappa shape index (κ1) is 13.6. The smallest absolute Gasteiger partial charge is 0.309 e. The van der Waals surface area contributed by atoms with E-state index in [-0.39, 0.29) is 17.6 Å². The monoisotopic (exact) mass is 310 g/mol. The minimum atomic E-state index is -4.50. The highest BCUT2D eigenvalue weighted by Gasteiger charge is 2.59. The lowest BCUT2D eigenvalue weighted by molar-refractivity contribution is -0.137. The average molecular weight is 310 g/mol. The van der Waals surface area contributed by atoms with Gasteiger partial charge in [-0.25, -0.2) is 9.69 Å². The van der Waals surface area contributed by atoms with Crippen LogP contribution in [0.4, 0.5) is 23.7 Å². The second-order valence-corrected chi connectivity index (χ2v) is 6.08. The topological polar surface area (TPSA) is 40.6 Å². The third-order valence-corrected chi connectivity index (χ3v) is 4.90. The van der Waals surface area contributed by atoms with Crippen LogP contribution in [-0.2, 0) is 11.0 Å². The Hall–Kier alpha value is -2.05. The lowest BCUT2D eigenvalue weighted by atomic mass is 9.99. The van der Waals surface area contributed by atoms with Gasteiger partial charge in [0.2, 0.25) is 0 Å². The van der Waals surface area contributed by atoms with E-state index in [1.807, 2.05) is 0 Å². The maximum Gasteiger partial charge on any atom is 0.416 e. The van der Waals surface area contributed by atoms with E-state index in [1.54, 1.807) is 4.90 Å². The van der Waals surface area contributed by atoms with Crippen LogP contribution in [0, 0.1) is 5.92 Å². The minimum absolute atomic E-state index is 0.00127. The number of rotatable bonds is 1. The molecule has 3 aliphatic rings. The summed E-state index contributed by atoms with van der Waals surface area (Å²) in [6.45, 7) is 0. The summed E-state index contributed by atoms with van der Waals surface area (Å²) in [4.78, 5) is 27.5. The second kappa shape index (κ2) is 4.24. The third kappa shape index (κ3) is 1.71. The van der Waals surface area contributed by atoms with Gasteiger partial charge in [0.1, 0.15) is 6.04 Å². The molecule has 3 fully saturated rings. The number of carbonyl (C=O) groups excluding carboxylic acids is 2. The largest absolute Gasteiger partial charge is 0.416 e. The molecule has 2 aliphatic heterocycles. The molecule has 0 radical (unpaired) electrons. The number of piperidine rings is 1. The Balaban J connectivity index is 1.72. The summed E-state index contributed by atoms with van der Waals surface area (Å²) in [5.41, 5.74) is -0.862. The third-order valence-electron chi connectivity index (χ3n) is 4.90. The summed E-state index contributed by atoms with van der Waals surface area (Å²) in [6.07, 6.45) is -1.90. The van der Waals surface area contributed by atoms with Crippen LogP contribution in [0.1, 0.15) is 24.8 Å². The van der Waals surface area contributed by atoms with E-state index < -0.39 is 29.7 Å². The molecule has 0 aromatic heterocycles. The predicted octanol–water partition coefficient (Wildman–Crippen LogP) is 3.02. The van der Waals surface area contributed by atoms with Gasteiger partial charge in [-0.15, -0.1) is 0 Å². The SMILES string of the molecule is O=C1[C@H]2C3CCC(C3)N2C(=O)N1c1cccc(C(F)(F)F)c1. The van der Waals surface area contributed by atoms with E-state index in [1.165, 1.54) is 12.1 Å². The molecule has 4 nitrogen and oxygen atoms in total. The summed E-state index contributed by atoms with van der Waals surface area (Å²) in [5, 5.41) is 0. The number of hydrogen-bond donors (Lipinski definition) is 0. The van der Waals surface area contributed by atoms with Crippen LogP contribution in [0.5, 0.6) is 0 Å².